The van der Waals surface area contributed by atoms with E-state index in [4.69, 9.17) is 9.47 Å². The number of ether oxygens (including phenoxy) is 2. The maximum Gasteiger partial charge on any atom is 0.322 e. The highest BCUT2D eigenvalue weighted by Crippen LogP contribution is 2.35. The van der Waals surface area contributed by atoms with Gasteiger partial charge in [0.05, 0.1) is 11.0 Å². The van der Waals surface area contributed by atoms with Crippen molar-refractivity contribution in [1.82, 2.24) is 4.90 Å². The van der Waals surface area contributed by atoms with Crippen LogP contribution in [0.25, 0.3) is 0 Å². The Kier molecular flexibility index (Phi) is 9.11. The van der Waals surface area contributed by atoms with Gasteiger partial charge in [-0.25, -0.2) is 9.18 Å². The van der Waals surface area contributed by atoms with Gasteiger partial charge in [-0.3, -0.25) is 4.79 Å². The number of carbonyl (C=O) groups is 2. The molecule has 1 aliphatic heterocycles. The summed E-state index contributed by atoms with van der Waals surface area (Å²) in [6, 6.07) is 16.8. The third-order valence-electron chi connectivity index (χ3n) is 7.60. The molecule has 9 heteroatoms. The second-order valence-corrected chi connectivity index (χ2v) is 12.1. The molecule has 4 rings (SSSR count). The average molecular weight is 579 g/mol. The second kappa shape index (κ2) is 12.4. The number of amides is 2. The zero-order chi connectivity index (χ0) is 30.7. The average Bonchev–Trinajstić information content (AvgIpc) is 2.89. The molecule has 1 heterocycles. The Balaban J connectivity index is 1.56. The Morgan fingerprint density at radius 2 is 1.55 bits per heavy atom. The van der Waals surface area contributed by atoms with Crippen LogP contribution in [0, 0.1) is 11.7 Å². The minimum absolute atomic E-state index is 0.162. The minimum Gasteiger partial charge on any atom is -0.481 e. The van der Waals surface area contributed by atoms with E-state index in [1.54, 1.807) is 61.2 Å². The monoisotopic (exact) mass is 578 g/mol. The number of benzene rings is 3. The van der Waals surface area contributed by atoms with E-state index in [2.05, 4.69) is 19.2 Å². The van der Waals surface area contributed by atoms with Crippen LogP contribution in [0.2, 0.25) is 0 Å². The van der Waals surface area contributed by atoms with Gasteiger partial charge in [-0.05, 0) is 87.9 Å². The summed E-state index contributed by atoms with van der Waals surface area (Å²) < 4.78 is 25.4. The molecule has 224 valence electrons. The summed E-state index contributed by atoms with van der Waals surface area (Å²) in [5.74, 6) is 0.618. The molecule has 0 aliphatic carbocycles. The Labute approximate surface area is 246 Å². The first kappa shape index (κ1) is 30.8. The summed E-state index contributed by atoms with van der Waals surface area (Å²) in [5.41, 5.74) is -0.800. The van der Waals surface area contributed by atoms with E-state index in [-0.39, 0.29) is 12.1 Å². The van der Waals surface area contributed by atoms with Crippen LogP contribution >= 0.6 is 0 Å². The molecule has 1 aliphatic rings. The number of hydrogen-bond acceptors (Lipinski definition) is 5. The number of piperidine rings is 1. The van der Waals surface area contributed by atoms with Gasteiger partial charge in [-0.15, -0.1) is 0 Å². The van der Waals surface area contributed by atoms with Crippen molar-refractivity contribution in [3.63, 3.8) is 0 Å². The van der Waals surface area contributed by atoms with E-state index in [0.717, 1.165) is 0 Å². The molecule has 1 saturated heterocycles. The van der Waals surface area contributed by atoms with Gasteiger partial charge in [0.25, 0.3) is 0 Å². The zero-order valence-corrected chi connectivity index (χ0v) is 24.7. The van der Waals surface area contributed by atoms with Crippen molar-refractivity contribution in [3.05, 3.63) is 78.1 Å². The molecule has 0 spiro atoms. The highest BCUT2D eigenvalue weighted by atomic mass is 19.1. The maximum absolute atomic E-state index is 13.4. The molecule has 2 atom stereocenters. The molecule has 0 radical (unpaired) electrons. The van der Waals surface area contributed by atoms with Gasteiger partial charge in [0.15, 0.2) is 0 Å². The first-order valence-corrected chi connectivity index (χ1v) is 14.1. The van der Waals surface area contributed by atoms with Crippen LogP contribution < -0.4 is 14.8 Å². The molecule has 0 aromatic heterocycles. The lowest BCUT2D eigenvalue weighted by Gasteiger charge is -2.43. The van der Waals surface area contributed by atoms with Crippen molar-refractivity contribution in [1.29, 1.82) is 0 Å². The predicted octanol–water partition coefficient (Wildman–Crippen LogP) is 7.57. The number of aliphatic carboxylic acids is 1. The van der Waals surface area contributed by atoms with Crippen molar-refractivity contribution in [2.45, 2.75) is 70.9 Å². The first-order valence-electron chi connectivity index (χ1n) is 14.1. The molecule has 0 bridgehead atoms. The normalized spacial score (nSPS) is 19.0. The molecule has 8 nitrogen and oxygen atoms in total. The highest BCUT2D eigenvalue weighted by molar-refractivity contribution is 5.90. The van der Waals surface area contributed by atoms with Gasteiger partial charge >= 0.3 is 12.0 Å². The van der Waals surface area contributed by atoms with Crippen LogP contribution in [0.3, 0.4) is 0 Å². The Bertz CT molecular complexity index is 1410. The second-order valence-electron chi connectivity index (χ2n) is 12.1. The van der Waals surface area contributed by atoms with Crippen LogP contribution in [-0.2, 0) is 10.2 Å². The van der Waals surface area contributed by atoms with E-state index >= 15 is 0 Å². The SMILES string of the molecule is CC(C)CC1(O)CCN(C(=O)Nc2cc(Oc3ccc(F)cc3)cc(Oc3ccc(C(C)(C)C(=O)O)cc3)c2)C(C)C1. The number of carboxylic acid groups (broad SMARTS) is 1. The van der Waals surface area contributed by atoms with Gasteiger partial charge in [0, 0.05) is 36.5 Å². The number of urea groups is 1. The number of rotatable bonds is 9. The third-order valence-corrected chi connectivity index (χ3v) is 7.60. The summed E-state index contributed by atoms with van der Waals surface area (Å²) in [6.45, 7) is 9.77. The molecule has 3 aromatic carbocycles. The first-order chi connectivity index (χ1) is 19.7. The van der Waals surface area contributed by atoms with E-state index in [0.29, 0.717) is 66.0 Å². The lowest BCUT2D eigenvalue weighted by molar-refractivity contribution is -0.142. The Morgan fingerprint density at radius 1 is 1.00 bits per heavy atom. The maximum atomic E-state index is 13.4. The molecular weight excluding hydrogens is 539 g/mol. The number of nitrogens with one attached hydrogen (secondary N) is 1. The lowest BCUT2D eigenvalue weighted by atomic mass is 9.81. The lowest BCUT2D eigenvalue weighted by Crippen LogP contribution is -2.53. The smallest absolute Gasteiger partial charge is 0.322 e. The number of anilines is 1. The summed E-state index contributed by atoms with van der Waals surface area (Å²) >= 11 is 0. The highest BCUT2D eigenvalue weighted by Gasteiger charge is 2.38. The topological polar surface area (TPSA) is 108 Å². The number of carbonyl (C=O) groups excluding carboxylic acids is 1. The number of carboxylic acids is 1. The molecule has 1 fully saturated rings. The number of hydrogen-bond donors (Lipinski definition) is 3. The van der Waals surface area contributed by atoms with Crippen molar-refractivity contribution < 1.29 is 33.7 Å². The summed E-state index contributed by atoms with van der Waals surface area (Å²) in [7, 11) is 0. The molecule has 2 unspecified atom stereocenters. The van der Waals surface area contributed by atoms with Crippen LogP contribution in [0.1, 0.15) is 59.4 Å². The Morgan fingerprint density at radius 3 is 2.05 bits per heavy atom. The quantitative estimate of drug-likeness (QED) is 0.242. The molecular formula is C33H39FN2O6. The van der Waals surface area contributed by atoms with Crippen LogP contribution in [0.4, 0.5) is 14.9 Å². The van der Waals surface area contributed by atoms with Gasteiger partial charge in [0.1, 0.15) is 28.8 Å². The van der Waals surface area contributed by atoms with E-state index < -0.39 is 22.8 Å². The molecule has 42 heavy (non-hydrogen) atoms. The summed E-state index contributed by atoms with van der Waals surface area (Å²) in [6.07, 6.45) is 1.68. The fourth-order valence-electron chi connectivity index (χ4n) is 5.35. The summed E-state index contributed by atoms with van der Waals surface area (Å²) in [5, 5.41) is 23.5. The van der Waals surface area contributed by atoms with Crippen molar-refractivity contribution >= 4 is 17.7 Å². The number of aliphatic hydroxyl groups is 1. The van der Waals surface area contributed by atoms with Gasteiger partial charge < -0.3 is 29.9 Å². The van der Waals surface area contributed by atoms with E-state index in [9.17, 15) is 24.2 Å². The molecule has 2 amide bonds. The van der Waals surface area contributed by atoms with E-state index in [1.165, 1.54) is 24.3 Å². The summed E-state index contributed by atoms with van der Waals surface area (Å²) in [4.78, 5) is 26.7. The van der Waals surface area contributed by atoms with E-state index in [1.807, 2.05) is 6.92 Å². The Hall–Kier alpha value is -4.11. The molecule has 0 saturated carbocycles. The fraction of sp³-hybridized carbons (Fsp3) is 0.394. The number of nitrogens with zero attached hydrogens (tertiary/aromatic N) is 1. The van der Waals surface area contributed by atoms with Crippen molar-refractivity contribution in [2.24, 2.45) is 5.92 Å². The molecule has 3 aromatic rings. The minimum atomic E-state index is -1.06. The largest absolute Gasteiger partial charge is 0.481 e. The van der Waals surface area contributed by atoms with Crippen LogP contribution in [0.15, 0.2) is 66.7 Å². The standard InChI is InChI=1S/C33H39FN2O6/c1-21(2)19-33(40)14-15-36(22(3)20-33)31(39)35-25-16-28(18-29(17-25)42-27-12-8-24(34)9-13-27)41-26-10-6-23(7-11-26)32(4,5)30(37)38/h6-13,16-18,21-22,40H,14-15,19-20H2,1-5H3,(H,35,39)(H,37,38). The number of halogens is 1. The van der Waals surface area contributed by atoms with Crippen molar-refractivity contribution in [2.75, 3.05) is 11.9 Å². The van der Waals surface area contributed by atoms with Crippen LogP contribution in [-0.4, -0.2) is 45.3 Å². The van der Waals surface area contributed by atoms with Gasteiger partial charge in [-0.2, -0.15) is 0 Å². The van der Waals surface area contributed by atoms with Crippen LogP contribution in [0.5, 0.6) is 23.0 Å². The zero-order valence-electron chi connectivity index (χ0n) is 24.7. The fourth-order valence-corrected chi connectivity index (χ4v) is 5.35. The van der Waals surface area contributed by atoms with Crippen molar-refractivity contribution in [3.8, 4) is 23.0 Å². The molecule has 3 N–H and O–H groups in total. The van der Waals surface area contributed by atoms with Gasteiger partial charge in [-0.1, -0.05) is 26.0 Å². The predicted molar refractivity (Wildman–Crippen MR) is 159 cm³/mol. The van der Waals surface area contributed by atoms with Gasteiger partial charge in [0.2, 0.25) is 0 Å². The number of likely N-dealkylation sites (tertiary alicyclic amines) is 1. The third kappa shape index (κ3) is 7.59.